The fourth-order valence-electron chi connectivity index (χ4n) is 1.91. The van der Waals surface area contributed by atoms with Crippen molar-refractivity contribution in [2.24, 2.45) is 5.92 Å². The van der Waals surface area contributed by atoms with Gasteiger partial charge in [0.05, 0.1) is 6.07 Å². The highest BCUT2D eigenvalue weighted by atomic mass is 16.2. The number of nitrogens with zero attached hydrogens (tertiary/aromatic N) is 2. The van der Waals surface area contributed by atoms with Crippen LogP contribution < -0.4 is 5.32 Å². The molecule has 2 amide bonds. The van der Waals surface area contributed by atoms with Crippen LogP contribution in [0.15, 0.2) is 30.3 Å². The Bertz CT molecular complexity index is 522. The van der Waals surface area contributed by atoms with Crippen LogP contribution in [0.2, 0.25) is 0 Å². The van der Waals surface area contributed by atoms with Gasteiger partial charge in [-0.25, -0.2) is 0 Å². The second kappa shape index (κ2) is 8.05. The van der Waals surface area contributed by atoms with Crippen molar-refractivity contribution in [1.82, 2.24) is 10.2 Å². The van der Waals surface area contributed by atoms with Gasteiger partial charge in [-0.2, -0.15) is 5.26 Å². The summed E-state index contributed by atoms with van der Waals surface area (Å²) in [6, 6.07) is 10.7. The Hall–Kier alpha value is -2.35. The van der Waals surface area contributed by atoms with Gasteiger partial charge < -0.3 is 10.2 Å². The molecule has 0 aromatic heterocycles. The van der Waals surface area contributed by atoms with E-state index in [-0.39, 0.29) is 5.91 Å². The van der Waals surface area contributed by atoms with Crippen molar-refractivity contribution >= 4 is 11.8 Å². The van der Waals surface area contributed by atoms with Crippen LogP contribution in [-0.2, 0) is 16.0 Å². The van der Waals surface area contributed by atoms with Crippen molar-refractivity contribution in [2.75, 3.05) is 13.6 Å². The molecule has 1 aromatic rings. The van der Waals surface area contributed by atoms with Gasteiger partial charge in [-0.3, -0.25) is 9.59 Å². The first-order valence-electron chi connectivity index (χ1n) is 6.98. The smallest absolute Gasteiger partial charge is 0.244 e. The molecule has 0 bridgehead atoms. The summed E-state index contributed by atoms with van der Waals surface area (Å²) in [6.07, 6.45) is 0.341. The number of rotatable bonds is 6. The summed E-state index contributed by atoms with van der Waals surface area (Å²) < 4.78 is 0. The van der Waals surface area contributed by atoms with Crippen molar-refractivity contribution in [3.05, 3.63) is 35.9 Å². The minimum atomic E-state index is -0.797. The molecule has 1 N–H and O–H groups in total. The van der Waals surface area contributed by atoms with Gasteiger partial charge in [0.15, 0.2) is 0 Å². The first-order valence-corrected chi connectivity index (χ1v) is 6.98. The molecule has 0 aliphatic rings. The number of benzene rings is 1. The highest BCUT2D eigenvalue weighted by molar-refractivity contribution is 5.89. The normalized spacial score (nSPS) is 12.9. The SMILES string of the molecule is CCN(C)C(=O)C(C)NC(=O)C(C#N)Cc1ccccc1. The fraction of sp³-hybridized carbons (Fsp3) is 0.438. The molecule has 1 rings (SSSR count). The molecule has 0 radical (unpaired) electrons. The number of likely N-dealkylation sites (N-methyl/N-ethyl adjacent to an activating group) is 1. The van der Waals surface area contributed by atoms with E-state index in [0.29, 0.717) is 13.0 Å². The van der Waals surface area contributed by atoms with E-state index < -0.39 is 17.9 Å². The van der Waals surface area contributed by atoms with E-state index in [1.807, 2.05) is 43.3 Å². The summed E-state index contributed by atoms with van der Waals surface area (Å²) in [5.74, 6) is -1.37. The maximum Gasteiger partial charge on any atom is 0.244 e. The monoisotopic (exact) mass is 287 g/mol. The van der Waals surface area contributed by atoms with Crippen LogP contribution in [0.3, 0.4) is 0 Å². The minimum Gasteiger partial charge on any atom is -0.344 e. The molecule has 0 fully saturated rings. The van der Waals surface area contributed by atoms with E-state index in [0.717, 1.165) is 5.56 Å². The van der Waals surface area contributed by atoms with E-state index >= 15 is 0 Å². The molecular formula is C16H21N3O2. The van der Waals surface area contributed by atoms with E-state index in [2.05, 4.69) is 5.32 Å². The van der Waals surface area contributed by atoms with Crippen molar-refractivity contribution in [3.63, 3.8) is 0 Å². The van der Waals surface area contributed by atoms with Gasteiger partial charge in [0.1, 0.15) is 12.0 Å². The fourth-order valence-corrected chi connectivity index (χ4v) is 1.91. The average Bonchev–Trinajstić information content (AvgIpc) is 2.51. The lowest BCUT2D eigenvalue weighted by atomic mass is 9.99. The number of amides is 2. The van der Waals surface area contributed by atoms with Crippen LogP contribution in [0, 0.1) is 17.2 Å². The Kier molecular flexibility index (Phi) is 6.41. The number of nitriles is 1. The Morgan fingerprint density at radius 2 is 1.95 bits per heavy atom. The van der Waals surface area contributed by atoms with E-state index in [1.165, 1.54) is 4.90 Å². The summed E-state index contributed by atoms with van der Waals surface area (Å²) in [5.41, 5.74) is 0.920. The molecule has 0 spiro atoms. The largest absolute Gasteiger partial charge is 0.344 e. The summed E-state index contributed by atoms with van der Waals surface area (Å²) >= 11 is 0. The lowest BCUT2D eigenvalue weighted by Gasteiger charge is -2.21. The number of carbonyl (C=O) groups is 2. The minimum absolute atomic E-state index is 0.165. The molecule has 0 aliphatic heterocycles. The number of nitrogens with one attached hydrogen (secondary N) is 1. The molecule has 0 saturated heterocycles. The Morgan fingerprint density at radius 3 is 2.48 bits per heavy atom. The zero-order chi connectivity index (χ0) is 15.8. The molecule has 5 nitrogen and oxygen atoms in total. The lowest BCUT2D eigenvalue weighted by molar-refractivity contribution is -0.135. The highest BCUT2D eigenvalue weighted by Gasteiger charge is 2.24. The number of hydrogen-bond acceptors (Lipinski definition) is 3. The van der Waals surface area contributed by atoms with Crippen LogP contribution in [0.1, 0.15) is 19.4 Å². The lowest BCUT2D eigenvalue weighted by Crippen LogP contribution is -2.47. The maximum atomic E-state index is 12.1. The van der Waals surface area contributed by atoms with Gasteiger partial charge in [0.2, 0.25) is 11.8 Å². The standard InChI is InChI=1S/C16H21N3O2/c1-4-19(3)16(21)12(2)18-15(20)14(11-17)10-13-8-6-5-7-9-13/h5-9,12,14H,4,10H2,1-3H3,(H,18,20). The van der Waals surface area contributed by atoms with Gasteiger partial charge in [0.25, 0.3) is 0 Å². The highest BCUT2D eigenvalue weighted by Crippen LogP contribution is 2.08. The topological polar surface area (TPSA) is 73.2 Å². The van der Waals surface area contributed by atoms with Gasteiger partial charge >= 0.3 is 0 Å². The quantitative estimate of drug-likeness (QED) is 0.858. The number of hydrogen-bond donors (Lipinski definition) is 1. The van der Waals surface area contributed by atoms with Crippen LogP contribution in [0.25, 0.3) is 0 Å². The van der Waals surface area contributed by atoms with E-state index in [9.17, 15) is 9.59 Å². The van der Waals surface area contributed by atoms with Crippen molar-refractivity contribution in [3.8, 4) is 6.07 Å². The van der Waals surface area contributed by atoms with Gasteiger partial charge in [-0.05, 0) is 25.8 Å². The van der Waals surface area contributed by atoms with Crippen molar-refractivity contribution in [1.29, 1.82) is 5.26 Å². The van der Waals surface area contributed by atoms with Crippen LogP contribution in [0.4, 0.5) is 0 Å². The predicted octanol–water partition coefficient (Wildman–Crippen LogP) is 1.35. The first kappa shape index (κ1) is 16.7. The molecule has 1 aromatic carbocycles. The number of carbonyl (C=O) groups excluding carboxylic acids is 2. The van der Waals surface area contributed by atoms with Crippen molar-refractivity contribution in [2.45, 2.75) is 26.3 Å². The predicted molar refractivity (Wildman–Crippen MR) is 80.2 cm³/mol. The molecule has 21 heavy (non-hydrogen) atoms. The molecular weight excluding hydrogens is 266 g/mol. The zero-order valence-electron chi connectivity index (χ0n) is 12.7. The molecule has 2 unspecified atom stereocenters. The summed E-state index contributed by atoms with van der Waals surface area (Å²) in [5, 5.41) is 11.8. The van der Waals surface area contributed by atoms with Crippen LogP contribution >= 0.6 is 0 Å². The molecule has 0 saturated carbocycles. The van der Waals surface area contributed by atoms with Gasteiger partial charge in [-0.15, -0.1) is 0 Å². The van der Waals surface area contributed by atoms with Crippen LogP contribution in [-0.4, -0.2) is 36.3 Å². The molecule has 0 aliphatic carbocycles. The van der Waals surface area contributed by atoms with E-state index in [1.54, 1.807) is 14.0 Å². The Labute approximate surface area is 125 Å². The first-order chi connectivity index (χ1) is 9.99. The third kappa shape index (κ3) is 4.92. The summed E-state index contributed by atoms with van der Waals surface area (Å²) in [6.45, 7) is 4.06. The molecule has 5 heteroatoms. The maximum absolute atomic E-state index is 12.1. The average molecular weight is 287 g/mol. The van der Waals surface area contributed by atoms with Crippen LogP contribution in [0.5, 0.6) is 0 Å². The van der Waals surface area contributed by atoms with Gasteiger partial charge in [0, 0.05) is 13.6 Å². The third-order valence-corrected chi connectivity index (χ3v) is 3.33. The van der Waals surface area contributed by atoms with Gasteiger partial charge in [-0.1, -0.05) is 30.3 Å². The summed E-state index contributed by atoms with van der Waals surface area (Å²) in [4.78, 5) is 25.5. The Balaban J connectivity index is 2.64. The van der Waals surface area contributed by atoms with E-state index in [4.69, 9.17) is 5.26 Å². The molecule has 0 heterocycles. The third-order valence-electron chi connectivity index (χ3n) is 3.33. The summed E-state index contributed by atoms with van der Waals surface area (Å²) in [7, 11) is 1.68. The second-order valence-electron chi connectivity index (χ2n) is 4.95. The second-order valence-corrected chi connectivity index (χ2v) is 4.95. The molecule has 2 atom stereocenters. The Morgan fingerprint density at radius 1 is 1.33 bits per heavy atom. The van der Waals surface area contributed by atoms with Crippen molar-refractivity contribution < 1.29 is 9.59 Å². The zero-order valence-corrected chi connectivity index (χ0v) is 12.7. The molecule has 112 valence electrons.